The molecular weight excluding hydrogens is 292 g/mol. The van der Waals surface area contributed by atoms with Gasteiger partial charge in [-0.05, 0) is 26.7 Å². The smallest absolute Gasteiger partial charge is 0.274 e. The molecule has 1 N–H and O–H groups in total. The molecule has 0 saturated carbocycles. The van der Waals surface area contributed by atoms with E-state index in [9.17, 15) is 9.59 Å². The molecule has 0 radical (unpaired) electrons. The number of hydrogen-bond acceptors (Lipinski definition) is 4. The summed E-state index contributed by atoms with van der Waals surface area (Å²) in [6.07, 6.45) is 6.17. The zero-order valence-corrected chi connectivity index (χ0v) is 14.6. The second kappa shape index (κ2) is 9.92. The maximum absolute atomic E-state index is 12.5. The van der Waals surface area contributed by atoms with E-state index in [4.69, 9.17) is 0 Å². The van der Waals surface area contributed by atoms with Gasteiger partial charge in [-0.2, -0.15) is 0 Å². The Bertz CT molecular complexity index is 502. The quantitative estimate of drug-likeness (QED) is 0.758. The Balaban J connectivity index is 2.66. The van der Waals surface area contributed by atoms with Crippen LogP contribution in [-0.4, -0.2) is 45.8 Å². The molecule has 1 heterocycles. The van der Waals surface area contributed by atoms with Gasteiger partial charge in [-0.1, -0.05) is 20.3 Å². The summed E-state index contributed by atoms with van der Waals surface area (Å²) in [7, 11) is 0. The van der Waals surface area contributed by atoms with Crippen LogP contribution in [-0.2, 0) is 4.79 Å². The summed E-state index contributed by atoms with van der Waals surface area (Å²) in [5, 5.41) is 2.92. The van der Waals surface area contributed by atoms with Crippen LogP contribution in [0.25, 0.3) is 0 Å². The van der Waals surface area contributed by atoms with Crippen molar-refractivity contribution >= 4 is 11.8 Å². The molecule has 0 saturated heterocycles. The van der Waals surface area contributed by atoms with Gasteiger partial charge in [-0.15, -0.1) is 0 Å². The Morgan fingerprint density at radius 3 is 2.52 bits per heavy atom. The molecule has 1 aromatic heterocycles. The summed E-state index contributed by atoms with van der Waals surface area (Å²) in [6.45, 7) is 8.93. The number of nitrogens with zero attached hydrogens (tertiary/aromatic N) is 3. The zero-order valence-electron chi connectivity index (χ0n) is 14.6. The highest BCUT2D eigenvalue weighted by molar-refractivity contribution is 5.92. The molecule has 0 unspecified atom stereocenters. The van der Waals surface area contributed by atoms with Crippen LogP contribution < -0.4 is 5.32 Å². The van der Waals surface area contributed by atoms with Crippen molar-refractivity contribution < 1.29 is 9.59 Å². The number of aryl methyl sites for hydroxylation is 1. The standard InChI is InChI=1S/C17H28N4O2/c1-5-7-9-21(10-8-16(22)20-13(3)6-2)17(23)15-12-18-14(4)11-19-15/h11-13H,5-10H2,1-4H3,(H,20,22)/t13-/m0/s1. The fourth-order valence-corrected chi connectivity index (χ4v) is 2.01. The molecule has 0 aliphatic heterocycles. The number of carbonyl (C=O) groups excluding carboxylic acids is 2. The molecular formula is C17H28N4O2. The molecule has 128 valence electrons. The van der Waals surface area contributed by atoms with Gasteiger partial charge in [-0.3, -0.25) is 14.6 Å². The Kier molecular flexibility index (Phi) is 8.22. The first-order valence-electron chi connectivity index (χ1n) is 8.35. The predicted molar refractivity (Wildman–Crippen MR) is 90.1 cm³/mol. The minimum Gasteiger partial charge on any atom is -0.354 e. The van der Waals surface area contributed by atoms with Crippen LogP contribution in [0, 0.1) is 6.92 Å². The van der Waals surface area contributed by atoms with Gasteiger partial charge >= 0.3 is 0 Å². The fraction of sp³-hybridized carbons (Fsp3) is 0.647. The molecule has 0 bridgehead atoms. The van der Waals surface area contributed by atoms with Crippen LogP contribution in [0.1, 0.15) is 62.6 Å². The van der Waals surface area contributed by atoms with Gasteiger partial charge < -0.3 is 10.2 Å². The van der Waals surface area contributed by atoms with Crippen molar-refractivity contribution in [2.45, 2.75) is 59.4 Å². The highest BCUT2D eigenvalue weighted by Crippen LogP contribution is 2.05. The summed E-state index contributed by atoms with van der Waals surface area (Å²) < 4.78 is 0. The van der Waals surface area contributed by atoms with Gasteiger partial charge in [0.05, 0.1) is 11.9 Å². The van der Waals surface area contributed by atoms with Gasteiger partial charge in [0.15, 0.2) is 0 Å². The van der Waals surface area contributed by atoms with E-state index in [-0.39, 0.29) is 17.9 Å². The Hall–Kier alpha value is -1.98. The molecule has 6 nitrogen and oxygen atoms in total. The molecule has 0 aromatic carbocycles. The van der Waals surface area contributed by atoms with Gasteiger partial charge in [0, 0.05) is 31.7 Å². The van der Waals surface area contributed by atoms with Crippen molar-refractivity contribution in [2.75, 3.05) is 13.1 Å². The van der Waals surface area contributed by atoms with Crippen LogP contribution in [0.15, 0.2) is 12.4 Å². The SMILES string of the molecule is CCCCN(CCC(=O)N[C@@H](C)CC)C(=O)c1cnc(C)cn1. The van der Waals surface area contributed by atoms with Gasteiger partial charge in [0.2, 0.25) is 5.91 Å². The maximum Gasteiger partial charge on any atom is 0.274 e. The third kappa shape index (κ3) is 6.76. The first kappa shape index (κ1) is 19.1. The molecule has 0 spiro atoms. The molecule has 1 aromatic rings. The van der Waals surface area contributed by atoms with E-state index in [1.807, 2.05) is 20.8 Å². The fourth-order valence-electron chi connectivity index (χ4n) is 2.01. The van der Waals surface area contributed by atoms with Crippen molar-refractivity contribution in [3.63, 3.8) is 0 Å². The number of rotatable bonds is 9. The first-order chi connectivity index (χ1) is 11.0. The Labute approximate surface area is 138 Å². The third-order valence-corrected chi connectivity index (χ3v) is 3.70. The minimum atomic E-state index is -0.165. The molecule has 23 heavy (non-hydrogen) atoms. The van der Waals surface area contributed by atoms with Crippen LogP contribution in [0.3, 0.4) is 0 Å². The number of amides is 2. The number of unbranched alkanes of at least 4 members (excludes halogenated alkanes) is 1. The highest BCUT2D eigenvalue weighted by Gasteiger charge is 2.18. The van der Waals surface area contributed by atoms with Gasteiger partial charge in [0.1, 0.15) is 5.69 Å². The first-order valence-corrected chi connectivity index (χ1v) is 8.35. The average molecular weight is 320 g/mol. The monoisotopic (exact) mass is 320 g/mol. The molecule has 2 amide bonds. The van der Waals surface area contributed by atoms with Crippen molar-refractivity contribution in [1.29, 1.82) is 0 Å². The number of aromatic nitrogens is 2. The summed E-state index contributed by atoms with van der Waals surface area (Å²) >= 11 is 0. The van der Waals surface area contributed by atoms with E-state index >= 15 is 0 Å². The lowest BCUT2D eigenvalue weighted by molar-refractivity contribution is -0.121. The van der Waals surface area contributed by atoms with E-state index in [0.717, 1.165) is 25.0 Å². The van der Waals surface area contributed by atoms with Crippen LogP contribution >= 0.6 is 0 Å². The van der Waals surface area contributed by atoms with Crippen LogP contribution in [0.2, 0.25) is 0 Å². The van der Waals surface area contributed by atoms with Crippen molar-refractivity contribution in [2.24, 2.45) is 0 Å². The predicted octanol–water partition coefficient (Wildman–Crippen LogP) is 2.33. The molecule has 1 atom stereocenters. The van der Waals surface area contributed by atoms with Crippen molar-refractivity contribution in [1.82, 2.24) is 20.2 Å². The van der Waals surface area contributed by atoms with E-state index in [1.165, 1.54) is 6.20 Å². The number of nitrogens with one attached hydrogen (secondary N) is 1. The largest absolute Gasteiger partial charge is 0.354 e. The second-order valence-electron chi connectivity index (χ2n) is 5.82. The van der Waals surface area contributed by atoms with Gasteiger partial charge in [0.25, 0.3) is 5.91 Å². The summed E-state index contributed by atoms with van der Waals surface area (Å²) in [4.78, 5) is 34.4. The lowest BCUT2D eigenvalue weighted by Crippen LogP contribution is -2.38. The van der Waals surface area contributed by atoms with Crippen molar-refractivity contribution in [3.05, 3.63) is 23.8 Å². The summed E-state index contributed by atoms with van der Waals surface area (Å²) in [6, 6.07) is 0.158. The molecule has 0 fully saturated rings. The van der Waals surface area contributed by atoms with Crippen LogP contribution in [0.4, 0.5) is 0 Å². The maximum atomic E-state index is 12.5. The van der Waals surface area contributed by atoms with E-state index in [1.54, 1.807) is 11.1 Å². The Morgan fingerprint density at radius 1 is 1.22 bits per heavy atom. The zero-order chi connectivity index (χ0) is 17.2. The molecule has 0 aliphatic rings. The summed E-state index contributed by atoms with van der Waals surface area (Å²) in [5.74, 6) is -0.189. The van der Waals surface area contributed by atoms with E-state index in [2.05, 4.69) is 22.2 Å². The molecule has 1 rings (SSSR count). The third-order valence-electron chi connectivity index (χ3n) is 3.70. The van der Waals surface area contributed by atoms with Crippen molar-refractivity contribution in [3.8, 4) is 0 Å². The van der Waals surface area contributed by atoms with Crippen LogP contribution in [0.5, 0.6) is 0 Å². The van der Waals surface area contributed by atoms with E-state index < -0.39 is 0 Å². The van der Waals surface area contributed by atoms with Gasteiger partial charge in [-0.25, -0.2) is 4.98 Å². The minimum absolute atomic E-state index is 0.0244. The Morgan fingerprint density at radius 2 is 1.96 bits per heavy atom. The lowest BCUT2D eigenvalue weighted by atomic mass is 10.2. The molecule has 6 heteroatoms. The summed E-state index contributed by atoms with van der Waals surface area (Å²) in [5.41, 5.74) is 1.10. The number of carbonyl (C=O) groups is 2. The lowest BCUT2D eigenvalue weighted by Gasteiger charge is -2.22. The molecule has 0 aliphatic carbocycles. The highest BCUT2D eigenvalue weighted by atomic mass is 16.2. The normalized spacial score (nSPS) is 11.8. The topological polar surface area (TPSA) is 75.2 Å². The average Bonchev–Trinajstić information content (AvgIpc) is 2.55. The number of hydrogen-bond donors (Lipinski definition) is 1. The van der Waals surface area contributed by atoms with E-state index in [0.29, 0.717) is 25.2 Å². The second-order valence-corrected chi connectivity index (χ2v) is 5.82.